The van der Waals surface area contributed by atoms with Crippen molar-refractivity contribution in [2.24, 2.45) is 0 Å². The SMILES string of the molecule is Fc1ccc(CNC2(Cc3ccc(F)cc3)CCCCC2N(Cc2ccc(F)cc2)Cc2ccc(F)cc2)cc1. The molecule has 2 atom stereocenters. The number of rotatable bonds is 10. The first-order valence-electron chi connectivity index (χ1n) is 13.9. The summed E-state index contributed by atoms with van der Waals surface area (Å²) < 4.78 is 54.9. The molecule has 6 heteroatoms. The van der Waals surface area contributed by atoms with Gasteiger partial charge in [-0.3, -0.25) is 4.90 Å². The van der Waals surface area contributed by atoms with Crippen molar-refractivity contribution >= 4 is 0 Å². The second-order valence-electron chi connectivity index (χ2n) is 10.9. The predicted octanol–water partition coefficient (Wildman–Crippen LogP) is 7.96. The second-order valence-corrected chi connectivity index (χ2v) is 10.9. The van der Waals surface area contributed by atoms with Crippen LogP contribution >= 0.6 is 0 Å². The molecule has 40 heavy (non-hydrogen) atoms. The van der Waals surface area contributed by atoms with Crippen LogP contribution in [0.1, 0.15) is 47.9 Å². The van der Waals surface area contributed by atoms with E-state index in [2.05, 4.69) is 10.2 Å². The van der Waals surface area contributed by atoms with Gasteiger partial charge in [0, 0.05) is 31.2 Å². The fraction of sp³-hybridized carbons (Fsp3) is 0.294. The van der Waals surface area contributed by atoms with Crippen molar-refractivity contribution in [3.05, 3.63) is 143 Å². The van der Waals surface area contributed by atoms with Crippen LogP contribution in [-0.4, -0.2) is 16.5 Å². The molecular weight excluding hydrogens is 512 g/mol. The number of halogens is 4. The molecule has 1 aliphatic carbocycles. The Morgan fingerprint density at radius 3 is 1.48 bits per heavy atom. The average molecular weight is 547 g/mol. The maximum atomic E-state index is 13.8. The Labute approximate surface area is 233 Å². The van der Waals surface area contributed by atoms with Gasteiger partial charge in [-0.05, 0) is 90.0 Å². The molecule has 208 valence electrons. The molecule has 5 rings (SSSR count). The first kappa shape index (κ1) is 28.1. The summed E-state index contributed by atoms with van der Waals surface area (Å²) in [6.07, 6.45) is 4.61. The van der Waals surface area contributed by atoms with Crippen LogP contribution in [0.5, 0.6) is 0 Å². The van der Waals surface area contributed by atoms with Crippen molar-refractivity contribution < 1.29 is 17.6 Å². The minimum absolute atomic E-state index is 0.0712. The minimum Gasteiger partial charge on any atom is -0.305 e. The Kier molecular flexibility index (Phi) is 8.98. The van der Waals surface area contributed by atoms with E-state index in [-0.39, 0.29) is 34.8 Å². The Balaban J connectivity index is 1.51. The van der Waals surface area contributed by atoms with Crippen LogP contribution in [-0.2, 0) is 26.1 Å². The molecule has 0 bridgehead atoms. The number of hydrogen-bond acceptors (Lipinski definition) is 2. The lowest BCUT2D eigenvalue weighted by atomic mass is 9.72. The summed E-state index contributed by atoms with van der Waals surface area (Å²) in [5.41, 5.74) is 3.62. The molecule has 0 amide bonds. The minimum atomic E-state index is -0.371. The van der Waals surface area contributed by atoms with Gasteiger partial charge < -0.3 is 5.32 Å². The molecule has 0 spiro atoms. The number of nitrogens with one attached hydrogen (secondary N) is 1. The highest BCUT2D eigenvalue weighted by Gasteiger charge is 2.43. The van der Waals surface area contributed by atoms with E-state index >= 15 is 0 Å². The Hall–Kier alpha value is -3.48. The Morgan fingerprint density at radius 2 is 1.00 bits per heavy atom. The van der Waals surface area contributed by atoms with Gasteiger partial charge in [-0.2, -0.15) is 0 Å². The van der Waals surface area contributed by atoms with Crippen molar-refractivity contribution in [1.82, 2.24) is 10.2 Å². The van der Waals surface area contributed by atoms with Gasteiger partial charge in [-0.15, -0.1) is 0 Å². The molecule has 1 saturated carbocycles. The van der Waals surface area contributed by atoms with E-state index in [4.69, 9.17) is 0 Å². The van der Waals surface area contributed by atoms with E-state index < -0.39 is 0 Å². The topological polar surface area (TPSA) is 15.3 Å². The van der Waals surface area contributed by atoms with Crippen molar-refractivity contribution in [3.63, 3.8) is 0 Å². The summed E-state index contributed by atoms with van der Waals surface area (Å²) in [6, 6.07) is 26.4. The van der Waals surface area contributed by atoms with Crippen molar-refractivity contribution in [2.75, 3.05) is 0 Å². The molecule has 0 aliphatic heterocycles. The number of benzene rings is 4. The van der Waals surface area contributed by atoms with Crippen molar-refractivity contribution in [3.8, 4) is 0 Å². The molecule has 0 radical (unpaired) electrons. The van der Waals surface area contributed by atoms with Gasteiger partial charge in [0.05, 0.1) is 0 Å². The summed E-state index contributed by atoms with van der Waals surface area (Å²) in [5.74, 6) is -1.10. The first-order valence-corrected chi connectivity index (χ1v) is 13.9. The molecule has 0 aromatic heterocycles. The maximum Gasteiger partial charge on any atom is 0.123 e. The van der Waals surface area contributed by atoms with Crippen molar-refractivity contribution in [1.29, 1.82) is 0 Å². The van der Waals surface area contributed by atoms with Gasteiger partial charge in [0.25, 0.3) is 0 Å². The average Bonchev–Trinajstić information content (AvgIpc) is 2.96. The predicted molar refractivity (Wildman–Crippen MR) is 150 cm³/mol. The molecule has 0 saturated heterocycles. The van der Waals surface area contributed by atoms with Gasteiger partial charge in [0.15, 0.2) is 0 Å². The normalized spacial score (nSPS) is 19.2. The van der Waals surface area contributed by atoms with E-state index in [1.807, 2.05) is 36.4 Å². The molecular formula is C34H34F4N2. The molecule has 1 N–H and O–H groups in total. The molecule has 2 nitrogen and oxygen atoms in total. The van der Waals surface area contributed by atoms with E-state index in [9.17, 15) is 17.6 Å². The highest BCUT2D eigenvalue weighted by molar-refractivity contribution is 5.24. The van der Waals surface area contributed by atoms with E-state index in [0.717, 1.165) is 47.9 Å². The van der Waals surface area contributed by atoms with E-state index in [1.54, 1.807) is 12.1 Å². The monoisotopic (exact) mass is 546 g/mol. The van der Waals surface area contributed by atoms with Crippen LogP contribution in [0.25, 0.3) is 0 Å². The number of hydrogen-bond donors (Lipinski definition) is 1. The van der Waals surface area contributed by atoms with Crippen LogP contribution in [0.3, 0.4) is 0 Å². The molecule has 0 heterocycles. The van der Waals surface area contributed by atoms with E-state index in [1.165, 1.54) is 48.5 Å². The summed E-state index contributed by atoms with van der Waals surface area (Å²) in [4.78, 5) is 2.40. The molecule has 1 fully saturated rings. The third-order valence-electron chi connectivity index (χ3n) is 8.02. The van der Waals surface area contributed by atoms with Crippen LogP contribution in [0.2, 0.25) is 0 Å². The standard InChI is InChI=1S/C34H34F4N2/c35-29-12-4-25(5-13-29)21-34(39-22-26-6-14-30(36)15-7-26)20-2-1-3-33(34)40(23-27-8-16-31(37)17-9-27)24-28-10-18-32(38)19-11-28/h4-19,33,39H,1-3,20-24H2. The molecule has 4 aromatic rings. The van der Waals surface area contributed by atoms with Gasteiger partial charge >= 0.3 is 0 Å². The lowest BCUT2D eigenvalue weighted by Gasteiger charge is -2.50. The zero-order valence-electron chi connectivity index (χ0n) is 22.4. The molecule has 4 aromatic carbocycles. The fourth-order valence-corrected chi connectivity index (χ4v) is 6.00. The second kappa shape index (κ2) is 12.8. The zero-order valence-corrected chi connectivity index (χ0v) is 22.4. The summed E-state index contributed by atoms with van der Waals surface area (Å²) in [6.45, 7) is 1.73. The highest BCUT2D eigenvalue weighted by atomic mass is 19.1. The van der Waals surface area contributed by atoms with Gasteiger partial charge in [-0.1, -0.05) is 61.4 Å². The van der Waals surface area contributed by atoms with Crippen LogP contribution in [0, 0.1) is 23.3 Å². The summed E-state index contributed by atoms with van der Waals surface area (Å²) in [7, 11) is 0. The van der Waals surface area contributed by atoms with E-state index in [0.29, 0.717) is 26.1 Å². The van der Waals surface area contributed by atoms with Crippen LogP contribution in [0.15, 0.2) is 97.1 Å². The fourth-order valence-electron chi connectivity index (χ4n) is 6.00. The largest absolute Gasteiger partial charge is 0.305 e. The highest BCUT2D eigenvalue weighted by Crippen LogP contribution is 2.37. The quantitative estimate of drug-likeness (QED) is 0.203. The molecule has 1 aliphatic rings. The maximum absolute atomic E-state index is 13.8. The van der Waals surface area contributed by atoms with Gasteiger partial charge in [0.1, 0.15) is 23.3 Å². The lowest BCUT2D eigenvalue weighted by Crippen LogP contribution is -2.63. The third-order valence-corrected chi connectivity index (χ3v) is 8.02. The summed E-state index contributed by atoms with van der Waals surface area (Å²) in [5, 5.41) is 3.88. The van der Waals surface area contributed by atoms with Crippen LogP contribution < -0.4 is 5.32 Å². The first-order chi connectivity index (χ1) is 19.4. The van der Waals surface area contributed by atoms with Gasteiger partial charge in [-0.25, -0.2) is 17.6 Å². The Morgan fingerprint density at radius 1 is 0.575 bits per heavy atom. The molecule has 2 unspecified atom stereocenters. The lowest BCUT2D eigenvalue weighted by molar-refractivity contribution is 0.0435. The summed E-state index contributed by atoms with van der Waals surface area (Å²) >= 11 is 0. The third kappa shape index (κ3) is 7.18. The van der Waals surface area contributed by atoms with Gasteiger partial charge in [0.2, 0.25) is 0 Å². The number of nitrogens with zero attached hydrogens (tertiary/aromatic N) is 1. The van der Waals surface area contributed by atoms with Crippen molar-refractivity contribution in [2.45, 2.75) is 63.3 Å². The van der Waals surface area contributed by atoms with Crippen LogP contribution in [0.4, 0.5) is 17.6 Å². The Bertz CT molecular complexity index is 1310. The smallest absolute Gasteiger partial charge is 0.123 e. The zero-order chi connectivity index (χ0) is 28.0.